The van der Waals surface area contributed by atoms with Gasteiger partial charge in [-0.25, -0.2) is 0 Å². The first-order valence-corrected chi connectivity index (χ1v) is 8.13. The van der Waals surface area contributed by atoms with E-state index in [0.29, 0.717) is 37.3 Å². The molecular formula is C18H20N6O. The first kappa shape index (κ1) is 16.7. The summed E-state index contributed by atoms with van der Waals surface area (Å²) in [5.74, 6) is 0.828. The number of nitrogens with zero attached hydrogens (tertiary/aromatic N) is 6. The van der Waals surface area contributed by atoms with Crippen LogP contribution in [-0.2, 0) is 0 Å². The van der Waals surface area contributed by atoms with E-state index < -0.39 is 0 Å². The predicted molar refractivity (Wildman–Crippen MR) is 95.6 cm³/mol. The molecule has 0 atom stereocenters. The number of hydrogen-bond acceptors (Lipinski definition) is 6. The molecule has 7 nitrogen and oxygen atoms in total. The van der Waals surface area contributed by atoms with Crippen LogP contribution in [-0.4, -0.2) is 61.3 Å². The molecule has 1 aromatic carbocycles. The van der Waals surface area contributed by atoms with Gasteiger partial charge in [0, 0.05) is 51.9 Å². The van der Waals surface area contributed by atoms with E-state index in [4.69, 9.17) is 5.26 Å². The zero-order valence-corrected chi connectivity index (χ0v) is 14.4. The van der Waals surface area contributed by atoms with E-state index in [1.54, 1.807) is 30.5 Å². The number of aromatic nitrogens is 2. The maximum atomic E-state index is 12.6. The van der Waals surface area contributed by atoms with Gasteiger partial charge in [0.1, 0.15) is 0 Å². The van der Waals surface area contributed by atoms with Crippen LogP contribution in [0, 0.1) is 11.3 Å². The smallest absolute Gasteiger partial charge is 0.253 e. The Bertz CT molecular complexity index is 788. The lowest BCUT2D eigenvalue weighted by molar-refractivity contribution is 0.0746. The molecule has 0 N–H and O–H groups in total. The fourth-order valence-corrected chi connectivity index (χ4v) is 2.75. The summed E-state index contributed by atoms with van der Waals surface area (Å²) < 4.78 is 0. The third-order valence-corrected chi connectivity index (χ3v) is 4.30. The van der Waals surface area contributed by atoms with E-state index in [0.717, 1.165) is 11.5 Å². The number of hydrogen-bond donors (Lipinski definition) is 0. The van der Waals surface area contributed by atoms with E-state index in [2.05, 4.69) is 21.2 Å². The molecule has 2 aromatic rings. The normalized spacial score (nSPS) is 14.1. The van der Waals surface area contributed by atoms with Crippen LogP contribution in [0.2, 0.25) is 0 Å². The minimum absolute atomic E-state index is 0.00253. The predicted octanol–water partition coefficient (Wildman–Crippen LogP) is 1.38. The number of benzene rings is 1. The first-order valence-electron chi connectivity index (χ1n) is 8.13. The summed E-state index contributed by atoms with van der Waals surface area (Å²) in [6.45, 7) is 2.70. The molecule has 25 heavy (non-hydrogen) atoms. The van der Waals surface area contributed by atoms with Gasteiger partial charge in [-0.1, -0.05) is 0 Å². The average molecular weight is 336 g/mol. The number of carbonyl (C=O) groups is 1. The average Bonchev–Trinajstić information content (AvgIpc) is 2.67. The summed E-state index contributed by atoms with van der Waals surface area (Å²) >= 11 is 0. The molecule has 0 unspecified atom stereocenters. The first-order chi connectivity index (χ1) is 12.1. The molecule has 1 amide bonds. The molecule has 1 aromatic heterocycles. The van der Waals surface area contributed by atoms with E-state index in [1.165, 1.54) is 0 Å². The minimum Gasteiger partial charge on any atom is -0.376 e. The molecule has 1 aliphatic rings. The lowest BCUT2D eigenvalue weighted by Gasteiger charge is -2.35. The van der Waals surface area contributed by atoms with Crippen LogP contribution in [0.1, 0.15) is 15.9 Å². The van der Waals surface area contributed by atoms with Crippen molar-refractivity contribution in [2.45, 2.75) is 0 Å². The highest BCUT2D eigenvalue weighted by Gasteiger charge is 2.23. The van der Waals surface area contributed by atoms with Crippen LogP contribution in [0.25, 0.3) is 0 Å². The Balaban J connectivity index is 1.64. The molecule has 0 spiro atoms. The van der Waals surface area contributed by atoms with Gasteiger partial charge in [0.2, 0.25) is 0 Å². The van der Waals surface area contributed by atoms with Gasteiger partial charge < -0.3 is 14.7 Å². The van der Waals surface area contributed by atoms with Crippen molar-refractivity contribution in [1.29, 1.82) is 5.26 Å². The monoisotopic (exact) mass is 336 g/mol. The topological polar surface area (TPSA) is 76.4 Å². The number of anilines is 2. The molecular weight excluding hydrogens is 316 g/mol. The zero-order valence-electron chi connectivity index (χ0n) is 14.4. The Morgan fingerprint density at radius 1 is 1.16 bits per heavy atom. The van der Waals surface area contributed by atoms with Crippen LogP contribution in [0.4, 0.5) is 11.5 Å². The number of piperazine rings is 1. The second-order valence-electron chi connectivity index (χ2n) is 6.13. The fraction of sp³-hybridized carbons (Fsp3) is 0.333. The summed E-state index contributed by atoms with van der Waals surface area (Å²) in [6.07, 6.45) is 1.73. The lowest BCUT2D eigenvalue weighted by atomic mass is 10.1. The molecule has 0 radical (unpaired) electrons. The van der Waals surface area contributed by atoms with Crippen molar-refractivity contribution >= 4 is 17.4 Å². The maximum Gasteiger partial charge on any atom is 0.253 e. The van der Waals surface area contributed by atoms with Gasteiger partial charge in [0.25, 0.3) is 5.91 Å². The third-order valence-electron chi connectivity index (χ3n) is 4.30. The summed E-state index contributed by atoms with van der Waals surface area (Å²) in [4.78, 5) is 18.5. The number of rotatable bonds is 3. The van der Waals surface area contributed by atoms with Gasteiger partial charge in [-0.15, -0.1) is 5.10 Å². The highest BCUT2D eigenvalue weighted by molar-refractivity contribution is 5.94. The van der Waals surface area contributed by atoms with E-state index in [1.807, 2.05) is 30.0 Å². The molecule has 1 saturated heterocycles. The standard InChI is InChI=1S/C18H20N6O/c1-22(2)16-11-17(21-20-13-16)23-7-9-24(10-8-23)18(25)15-5-3-14(12-19)4-6-15/h3-6,11,13H,7-10H2,1-2H3. The van der Waals surface area contributed by atoms with Crippen molar-refractivity contribution in [1.82, 2.24) is 15.1 Å². The van der Waals surface area contributed by atoms with Crippen LogP contribution in [0.5, 0.6) is 0 Å². The van der Waals surface area contributed by atoms with Crippen molar-refractivity contribution in [3.63, 3.8) is 0 Å². The Hall–Kier alpha value is -3.14. The molecule has 1 aliphatic heterocycles. The number of nitriles is 1. The second-order valence-corrected chi connectivity index (χ2v) is 6.13. The Morgan fingerprint density at radius 2 is 1.84 bits per heavy atom. The Labute approximate surface area is 147 Å². The van der Waals surface area contributed by atoms with Gasteiger partial charge in [-0.2, -0.15) is 10.4 Å². The van der Waals surface area contributed by atoms with Crippen LogP contribution >= 0.6 is 0 Å². The summed E-state index contributed by atoms with van der Waals surface area (Å²) in [5.41, 5.74) is 2.17. The highest BCUT2D eigenvalue weighted by atomic mass is 16.2. The zero-order chi connectivity index (χ0) is 17.8. The summed E-state index contributed by atoms with van der Waals surface area (Å²) in [7, 11) is 3.93. The maximum absolute atomic E-state index is 12.6. The second kappa shape index (κ2) is 7.18. The van der Waals surface area contributed by atoms with E-state index in [9.17, 15) is 4.79 Å². The highest BCUT2D eigenvalue weighted by Crippen LogP contribution is 2.19. The van der Waals surface area contributed by atoms with Crippen molar-refractivity contribution in [3.05, 3.63) is 47.7 Å². The largest absolute Gasteiger partial charge is 0.376 e. The van der Waals surface area contributed by atoms with E-state index in [-0.39, 0.29) is 5.91 Å². The van der Waals surface area contributed by atoms with Gasteiger partial charge in [-0.05, 0) is 24.3 Å². The molecule has 128 valence electrons. The molecule has 0 saturated carbocycles. The number of carbonyl (C=O) groups excluding carboxylic acids is 1. The van der Waals surface area contributed by atoms with Crippen molar-refractivity contribution in [2.75, 3.05) is 50.1 Å². The van der Waals surface area contributed by atoms with Crippen molar-refractivity contribution in [2.24, 2.45) is 0 Å². The van der Waals surface area contributed by atoms with Crippen molar-refractivity contribution < 1.29 is 4.79 Å². The molecule has 1 fully saturated rings. The van der Waals surface area contributed by atoms with Gasteiger partial charge >= 0.3 is 0 Å². The summed E-state index contributed by atoms with van der Waals surface area (Å²) in [5, 5.41) is 17.1. The van der Waals surface area contributed by atoms with E-state index >= 15 is 0 Å². The Morgan fingerprint density at radius 3 is 2.44 bits per heavy atom. The molecule has 0 bridgehead atoms. The fourth-order valence-electron chi connectivity index (χ4n) is 2.75. The van der Waals surface area contributed by atoms with Crippen LogP contribution in [0.15, 0.2) is 36.5 Å². The molecule has 2 heterocycles. The Kier molecular flexibility index (Phi) is 4.80. The minimum atomic E-state index is -0.00253. The van der Waals surface area contributed by atoms with Crippen molar-refractivity contribution in [3.8, 4) is 6.07 Å². The summed E-state index contributed by atoms with van der Waals surface area (Å²) in [6, 6.07) is 10.8. The van der Waals surface area contributed by atoms with Crippen LogP contribution in [0.3, 0.4) is 0 Å². The molecule has 3 rings (SSSR count). The number of amides is 1. The molecule has 0 aliphatic carbocycles. The quantitative estimate of drug-likeness (QED) is 0.843. The lowest BCUT2D eigenvalue weighted by Crippen LogP contribution is -2.49. The molecule has 7 heteroatoms. The van der Waals surface area contributed by atoms with Gasteiger partial charge in [-0.3, -0.25) is 4.79 Å². The van der Waals surface area contributed by atoms with Gasteiger partial charge in [0.15, 0.2) is 5.82 Å². The van der Waals surface area contributed by atoms with Gasteiger partial charge in [0.05, 0.1) is 23.5 Å². The SMILES string of the molecule is CN(C)c1cnnc(N2CCN(C(=O)c3ccc(C#N)cc3)CC2)c1. The van der Waals surface area contributed by atoms with Crippen LogP contribution < -0.4 is 9.80 Å². The third kappa shape index (κ3) is 3.69.